The number of halogens is 1. The minimum Gasteiger partial charge on any atom is -0.495 e. The molecule has 0 aliphatic carbocycles. The van der Waals surface area contributed by atoms with Gasteiger partial charge in [0.2, 0.25) is 11.8 Å². The van der Waals surface area contributed by atoms with Gasteiger partial charge in [0.25, 0.3) is 0 Å². The van der Waals surface area contributed by atoms with Crippen LogP contribution in [-0.4, -0.2) is 116 Å². The lowest BCUT2D eigenvalue weighted by atomic mass is 9.83. The molecule has 8 atom stereocenters. The zero-order chi connectivity index (χ0) is 37.1. The number of hydrogen-bond acceptors (Lipinski definition) is 11. The number of carbonyl (C=O) groups excluding carboxylic acids is 4. The maximum Gasteiger partial charge on any atom is 0.409 e. The lowest BCUT2D eigenvalue weighted by Gasteiger charge is -2.42. The Morgan fingerprint density at radius 1 is 1.26 bits per heavy atom. The van der Waals surface area contributed by atoms with Crippen molar-refractivity contribution in [3.63, 3.8) is 0 Å². The number of alkyl carbamates (subject to hydrolysis) is 1. The molecule has 1 aromatic carbocycles. The second-order valence-corrected chi connectivity index (χ2v) is 13.6. The van der Waals surface area contributed by atoms with E-state index in [0.717, 1.165) is 0 Å². The number of methoxy groups -OCH3 is 2. The molecule has 50 heavy (non-hydrogen) atoms. The molecule has 0 radical (unpaired) electrons. The van der Waals surface area contributed by atoms with Gasteiger partial charge in [0.1, 0.15) is 40.7 Å². The number of aliphatic hydroxyl groups excluding tert-OH is 1. The number of carbonyl (C=O) groups is 4. The molecule has 3 amide bonds. The van der Waals surface area contributed by atoms with Gasteiger partial charge in [-0.3, -0.25) is 14.9 Å². The number of ether oxygens (including phenoxy) is 5. The van der Waals surface area contributed by atoms with Crippen molar-refractivity contribution < 1.29 is 53.1 Å². The SMILES string of the molecule is CCC(=O)N(C)C(C)C(=O)OC1CC(=O)N(C)c2cc(cc(OC)c2Cl)CC(CO)=CC=CC(OC)C2(O)CC(OC(=O)N2)C(C)C2OC12C. The van der Waals surface area contributed by atoms with Crippen LogP contribution in [0, 0.1) is 5.92 Å². The Morgan fingerprint density at radius 3 is 2.58 bits per heavy atom. The summed E-state index contributed by atoms with van der Waals surface area (Å²) in [4.78, 5) is 55.3. The molecule has 1 aromatic rings. The lowest BCUT2D eigenvalue weighted by Crippen LogP contribution is -2.63. The average Bonchev–Trinajstić information content (AvgIpc) is 3.79. The Labute approximate surface area is 297 Å². The normalized spacial score (nSPS) is 30.7. The number of epoxide rings is 1. The molecular weight excluding hydrogens is 674 g/mol. The summed E-state index contributed by atoms with van der Waals surface area (Å²) < 4.78 is 28.9. The van der Waals surface area contributed by atoms with E-state index in [1.165, 1.54) is 45.0 Å². The third-order valence-corrected chi connectivity index (χ3v) is 10.3. The van der Waals surface area contributed by atoms with Gasteiger partial charge >= 0.3 is 12.1 Å². The molecule has 8 unspecified atom stereocenters. The summed E-state index contributed by atoms with van der Waals surface area (Å²) in [5.74, 6) is -1.72. The number of rotatable bonds is 7. The van der Waals surface area contributed by atoms with Crippen LogP contribution in [0.2, 0.25) is 5.02 Å². The van der Waals surface area contributed by atoms with Gasteiger partial charge in [-0.2, -0.15) is 0 Å². The van der Waals surface area contributed by atoms with Crippen LogP contribution in [0.1, 0.15) is 52.5 Å². The van der Waals surface area contributed by atoms with Crippen molar-refractivity contribution >= 4 is 41.2 Å². The van der Waals surface area contributed by atoms with Crippen LogP contribution in [0.5, 0.6) is 5.75 Å². The molecule has 276 valence electrons. The van der Waals surface area contributed by atoms with Crippen molar-refractivity contribution in [2.75, 3.05) is 39.8 Å². The smallest absolute Gasteiger partial charge is 0.409 e. The van der Waals surface area contributed by atoms with Crippen molar-refractivity contribution in [1.82, 2.24) is 10.2 Å². The van der Waals surface area contributed by atoms with E-state index in [1.54, 1.807) is 51.1 Å². The summed E-state index contributed by atoms with van der Waals surface area (Å²) in [5.41, 5.74) is -1.54. The Balaban J connectivity index is 1.81. The fraction of sp³-hybridized carbons (Fsp3) is 0.600. The second kappa shape index (κ2) is 15.7. The molecule has 3 N–H and O–H groups in total. The number of amides is 3. The highest BCUT2D eigenvalue weighted by Crippen LogP contribution is 2.49. The summed E-state index contributed by atoms with van der Waals surface area (Å²) in [7, 11) is 5.87. The molecule has 0 spiro atoms. The molecule has 3 aliphatic heterocycles. The summed E-state index contributed by atoms with van der Waals surface area (Å²) in [6, 6.07) is 2.44. The van der Waals surface area contributed by atoms with Crippen LogP contribution in [-0.2, 0) is 39.8 Å². The third kappa shape index (κ3) is 8.10. The molecule has 3 aliphatic rings. The number of esters is 1. The van der Waals surface area contributed by atoms with Gasteiger partial charge in [0.05, 0.1) is 31.9 Å². The molecule has 0 saturated carbocycles. The van der Waals surface area contributed by atoms with Crippen molar-refractivity contribution in [2.45, 2.75) is 95.2 Å². The monoisotopic (exact) mass is 721 g/mol. The largest absolute Gasteiger partial charge is 0.495 e. The van der Waals surface area contributed by atoms with E-state index in [2.05, 4.69) is 5.32 Å². The standard InChI is InChI=1S/C35H48ClN3O11/c1-9-28(41)38(5)20(3)32(43)49-27-16-29(42)39(6)23-14-22(15-24(46-7)30(23)36)13-21(18-40)11-10-12-26(47-8)35(45)17-25(48-33(44)37-35)19(2)31-34(27,4)50-31/h10-12,14-15,19-20,25-27,31,40,45H,9,13,16-18H2,1-8H3,(H,37,44). The van der Waals surface area contributed by atoms with Crippen LogP contribution in [0.3, 0.4) is 0 Å². The minimum absolute atomic E-state index is 0.0908. The van der Waals surface area contributed by atoms with Crippen LogP contribution >= 0.6 is 11.6 Å². The number of nitrogens with zero attached hydrogens (tertiary/aromatic N) is 2. The first-order valence-electron chi connectivity index (χ1n) is 16.5. The Morgan fingerprint density at radius 2 is 1.96 bits per heavy atom. The number of aliphatic hydroxyl groups is 2. The van der Waals surface area contributed by atoms with Gasteiger partial charge in [-0.25, -0.2) is 9.59 Å². The fourth-order valence-corrected chi connectivity index (χ4v) is 6.80. The predicted molar refractivity (Wildman–Crippen MR) is 183 cm³/mol. The van der Waals surface area contributed by atoms with E-state index in [9.17, 15) is 29.4 Å². The molecule has 3 heterocycles. The first-order valence-corrected chi connectivity index (χ1v) is 16.9. The quantitative estimate of drug-likeness (QED) is 0.279. The van der Waals surface area contributed by atoms with E-state index in [1.807, 2.05) is 0 Å². The van der Waals surface area contributed by atoms with Crippen molar-refractivity contribution in [2.24, 2.45) is 5.92 Å². The molecule has 2 fully saturated rings. The van der Waals surface area contributed by atoms with Crippen LogP contribution in [0.15, 0.2) is 35.9 Å². The van der Waals surface area contributed by atoms with Crippen molar-refractivity contribution in [3.05, 3.63) is 46.5 Å². The average molecular weight is 722 g/mol. The van der Waals surface area contributed by atoms with E-state index in [-0.39, 0.29) is 43.2 Å². The van der Waals surface area contributed by atoms with Crippen molar-refractivity contribution in [3.8, 4) is 5.75 Å². The van der Waals surface area contributed by atoms with Gasteiger partial charge in [0.15, 0.2) is 5.72 Å². The number of nitrogens with one attached hydrogen (secondary N) is 1. The van der Waals surface area contributed by atoms with Gasteiger partial charge in [0, 0.05) is 40.0 Å². The van der Waals surface area contributed by atoms with Crippen molar-refractivity contribution in [1.29, 1.82) is 0 Å². The molecule has 4 rings (SSSR count). The number of hydrogen-bond donors (Lipinski definition) is 3. The minimum atomic E-state index is -1.88. The third-order valence-electron chi connectivity index (χ3n) is 9.93. The maximum absolute atomic E-state index is 14.0. The van der Waals surface area contributed by atoms with Gasteiger partial charge in [-0.15, -0.1) is 0 Å². The molecule has 0 aromatic heterocycles. The van der Waals surface area contributed by atoms with Gasteiger partial charge in [-0.05, 0) is 43.5 Å². The molecule has 2 saturated heterocycles. The first kappa shape index (κ1) is 39.1. The first-order chi connectivity index (χ1) is 23.5. The zero-order valence-corrected chi connectivity index (χ0v) is 30.5. The van der Waals surface area contributed by atoms with E-state index in [4.69, 9.17) is 35.3 Å². The summed E-state index contributed by atoms with van der Waals surface area (Å²) in [6.45, 7) is 6.38. The summed E-state index contributed by atoms with van der Waals surface area (Å²) in [6.07, 6.45) is 0.260. The zero-order valence-electron chi connectivity index (χ0n) is 29.7. The number of allylic oxidation sites excluding steroid dienone is 2. The number of benzene rings is 1. The van der Waals surface area contributed by atoms with Crippen LogP contribution < -0.4 is 15.0 Å². The maximum atomic E-state index is 14.0. The fourth-order valence-electron chi connectivity index (χ4n) is 6.49. The summed E-state index contributed by atoms with van der Waals surface area (Å²) >= 11 is 6.71. The van der Waals surface area contributed by atoms with E-state index in [0.29, 0.717) is 22.6 Å². The number of anilines is 1. The predicted octanol–water partition coefficient (Wildman–Crippen LogP) is 2.90. The topological polar surface area (TPSA) is 177 Å². The van der Waals surface area contributed by atoms with E-state index >= 15 is 0 Å². The number of fused-ring (bicyclic) bond motifs is 5. The van der Waals surface area contributed by atoms with Crippen LogP contribution in [0.25, 0.3) is 0 Å². The highest BCUT2D eigenvalue weighted by Gasteiger charge is 2.64. The molecule has 15 heteroatoms. The Hall–Kier alpha value is -3.69. The highest BCUT2D eigenvalue weighted by atomic mass is 35.5. The highest BCUT2D eigenvalue weighted by molar-refractivity contribution is 6.35. The van der Waals surface area contributed by atoms with Gasteiger partial charge in [-0.1, -0.05) is 43.7 Å². The Kier molecular flexibility index (Phi) is 12.3. The van der Waals surface area contributed by atoms with Gasteiger partial charge < -0.3 is 43.7 Å². The van der Waals surface area contributed by atoms with E-state index < -0.39 is 65.7 Å². The Bertz CT molecular complexity index is 1530. The second-order valence-electron chi connectivity index (χ2n) is 13.2. The molecule has 14 nitrogen and oxygen atoms in total. The molecular formula is C35H48ClN3O11. The molecule has 4 bridgehead atoms. The summed E-state index contributed by atoms with van der Waals surface area (Å²) in [5, 5.41) is 24.5. The number of likely N-dealkylation sites (N-methyl/N-ethyl adjacent to an activating group) is 1. The lowest BCUT2D eigenvalue weighted by molar-refractivity contribution is -0.162. The van der Waals surface area contributed by atoms with Crippen LogP contribution in [0.4, 0.5) is 10.5 Å².